The maximum Gasteiger partial charge on any atom is 0.149 e. The number of fused-ring (bicyclic) bond motifs is 1. The predicted octanol–water partition coefficient (Wildman–Crippen LogP) is 5.11. The van der Waals surface area contributed by atoms with Gasteiger partial charge in [-0.05, 0) is 23.3 Å². The zero-order chi connectivity index (χ0) is 17.4. The van der Waals surface area contributed by atoms with Gasteiger partial charge in [0.15, 0.2) is 0 Å². The maximum atomic E-state index is 5.53. The minimum absolute atomic E-state index is 0.0932. The van der Waals surface area contributed by atoms with Crippen molar-refractivity contribution in [1.82, 2.24) is 15.4 Å². The van der Waals surface area contributed by atoms with Crippen LogP contribution in [0.25, 0.3) is 22.0 Å². The standard InChI is InChI=1S/C21H21N3O/c1-21(2,3)20-17(13-22-25-20)15-9-10-18-16(12-15)19(24-23-18)11-14-7-5-4-6-8-14/h4-10,12-13H,11H2,1-3H3,(H,23,24). The highest BCUT2D eigenvalue weighted by molar-refractivity contribution is 5.87. The molecule has 0 unspecified atom stereocenters. The van der Waals surface area contributed by atoms with Crippen molar-refractivity contribution in [2.24, 2.45) is 0 Å². The van der Waals surface area contributed by atoms with Crippen LogP contribution in [0.5, 0.6) is 0 Å². The second-order valence-electron chi connectivity index (χ2n) is 7.42. The van der Waals surface area contributed by atoms with Gasteiger partial charge >= 0.3 is 0 Å². The Hall–Kier alpha value is -2.88. The number of hydrogen-bond donors (Lipinski definition) is 1. The van der Waals surface area contributed by atoms with Crippen LogP contribution in [0.2, 0.25) is 0 Å². The molecule has 0 amide bonds. The molecule has 4 aromatic rings. The molecule has 0 aliphatic carbocycles. The number of aromatic nitrogens is 3. The molecule has 0 aliphatic rings. The Morgan fingerprint density at radius 2 is 1.84 bits per heavy atom. The van der Waals surface area contributed by atoms with E-state index in [1.54, 1.807) is 6.20 Å². The van der Waals surface area contributed by atoms with E-state index in [2.05, 4.69) is 78.6 Å². The highest BCUT2D eigenvalue weighted by Crippen LogP contribution is 2.34. The first-order valence-electron chi connectivity index (χ1n) is 8.49. The van der Waals surface area contributed by atoms with Gasteiger partial charge < -0.3 is 4.52 Å². The lowest BCUT2D eigenvalue weighted by molar-refractivity contribution is 0.330. The third-order valence-corrected chi connectivity index (χ3v) is 4.42. The monoisotopic (exact) mass is 331 g/mol. The first-order valence-corrected chi connectivity index (χ1v) is 8.49. The average Bonchev–Trinajstić information content (AvgIpc) is 3.22. The molecule has 0 spiro atoms. The lowest BCUT2D eigenvalue weighted by Gasteiger charge is -2.16. The van der Waals surface area contributed by atoms with Gasteiger partial charge in [-0.2, -0.15) is 5.10 Å². The molecule has 2 aromatic carbocycles. The maximum absolute atomic E-state index is 5.53. The first-order chi connectivity index (χ1) is 12.0. The summed E-state index contributed by atoms with van der Waals surface area (Å²) < 4.78 is 5.53. The van der Waals surface area contributed by atoms with Gasteiger partial charge in [-0.3, -0.25) is 5.10 Å². The summed E-state index contributed by atoms with van der Waals surface area (Å²) in [6.45, 7) is 6.40. The zero-order valence-electron chi connectivity index (χ0n) is 14.7. The molecule has 2 heterocycles. The van der Waals surface area contributed by atoms with Crippen LogP contribution in [-0.4, -0.2) is 15.4 Å². The van der Waals surface area contributed by atoms with Crippen LogP contribution in [-0.2, 0) is 11.8 Å². The topological polar surface area (TPSA) is 54.7 Å². The summed E-state index contributed by atoms with van der Waals surface area (Å²) in [7, 11) is 0. The molecule has 126 valence electrons. The SMILES string of the molecule is CC(C)(C)c1oncc1-c1ccc2n[nH]c(Cc3ccccc3)c2c1. The van der Waals surface area contributed by atoms with E-state index in [0.717, 1.165) is 39.9 Å². The smallest absolute Gasteiger partial charge is 0.149 e. The van der Waals surface area contributed by atoms with Crippen molar-refractivity contribution in [2.75, 3.05) is 0 Å². The van der Waals surface area contributed by atoms with Crippen molar-refractivity contribution in [3.63, 3.8) is 0 Å². The summed E-state index contributed by atoms with van der Waals surface area (Å²) in [5.41, 5.74) is 5.42. The van der Waals surface area contributed by atoms with E-state index in [0.29, 0.717) is 0 Å². The number of aromatic amines is 1. The second kappa shape index (κ2) is 5.88. The van der Waals surface area contributed by atoms with E-state index in [1.807, 2.05) is 6.07 Å². The third kappa shape index (κ3) is 2.95. The summed E-state index contributed by atoms with van der Waals surface area (Å²) in [4.78, 5) is 0. The first kappa shape index (κ1) is 15.6. The van der Waals surface area contributed by atoms with Crippen LogP contribution < -0.4 is 0 Å². The summed E-state index contributed by atoms with van der Waals surface area (Å²) >= 11 is 0. The van der Waals surface area contributed by atoms with Gasteiger partial charge in [0, 0.05) is 28.5 Å². The van der Waals surface area contributed by atoms with Gasteiger partial charge in [0.1, 0.15) is 5.76 Å². The molecular formula is C21H21N3O. The van der Waals surface area contributed by atoms with Crippen LogP contribution in [0, 0.1) is 0 Å². The Balaban J connectivity index is 1.78. The fourth-order valence-electron chi connectivity index (χ4n) is 3.15. The van der Waals surface area contributed by atoms with Gasteiger partial charge in [0.05, 0.1) is 11.7 Å². The Kier molecular flexibility index (Phi) is 3.68. The van der Waals surface area contributed by atoms with Crippen molar-refractivity contribution in [2.45, 2.75) is 32.6 Å². The highest BCUT2D eigenvalue weighted by atomic mass is 16.5. The molecule has 0 saturated heterocycles. The van der Waals surface area contributed by atoms with E-state index in [4.69, 9.17) is 4.52 Å². The van der Waals surface area contributed by atoms with Crippen molar-refractivity contribution >= 4 is 10.9 Å². The fraction of sp³-hybridized carbons (Fsp3) is 0.238. The second-order valence-corrected chi connectivity index (χ2v) is 7.42. The Bertz CT molecular complexity index is 1010. The molecule has 0 atom stereocenters. The molecule has 4 heteroatoms. The van der Waals surface area contributed by atoms with Gasteiger partial charge in [-0.25, -0.2) is 0 Å². The molecule has 4 nitrogen and oxygen atoms in total. The lowest BCUT2D eigenvalue weighted by atomic mass is 9.88. The Morgan fingerprint density at radius 3 is 2.60 bits per heavy atom. The molecule has 0 fully saturated rings. The predicted molar refractivity (Wildman–Crippen MR) is 99.5 cm³/mol. The molecule has 1 N–H and O–H groups in total. The van der Waals surface area contributed by atoms with E-state index < -0.39 is 0 Å². The number of H-pyrrole nitrogens is 1. The van der Waals surface area contributed by atoms with Crippen molar-refractivity contribution in [3.05, 3.63) is 71.7 Å². The number of hydrogen-bond acceptors (Lipinski definition) is 3. The molecule has 2 aromatic heterocycles. The molecular weight excluding hydrogens is 310 g/mol. The van der Waals surface area contributed by atoms with Crippen molar-refractivity contribution in [1.29, 1.82) is 0 Å². The van der Waals surface area contributed by atoms with E-state index >= 15 is 0 Å². The van der Waals surface area contributed by atoms with Gasteiger partial charge in [-0.15, -0.1) is 0 Å². The van der Waals surface area contributed by atoms with Gasteiger partial charge in [0.2, 0.25) is 0 Å². The van der Waals surface area contributed by atoms with Crippen LogP contribution in [0.1, 0.15) is 37.8 Å². The number of nitrogens with zero attached hydrogens (tertiary/aromatic N) is 2. The van der Waals surface area contributed by atoms with Crippen molar-refractivity contribution in [3.8, 4) is 11.1 Å². The quantitative estimate of drug-likeness (QED) is 0.568. The Labute approximate surface area is 146 Å². The van der Waals surface area contributed by atoms with Gasteiger partial charge in [-0.1, -0.05) is 62.3 Å². The van der Waals surface area contributed by atoms with Crippen LogP contribution in [0.3, 0.4) is 0 Å². The minimum atomic E-state index is -0.0932. The largest absolute Gasteiger partial charge is 0.360 e. The average molecular weight is 331 g/mol. The van der Waals surface area contributed by atoms with Crippen LogP contribution >= 0.6 is 0 Å². The molecule has 4 rings (SSSR count). The highest BCUT2D eigenvalue weighted by Gasteiger charge is 2.24. The molecule has 0 aliphatic heterocycles. The molecule has 0 bridgehead atoms. The summed E-state index contributed by atoms with van der Waals surface area (Å²) in [6.07, 6.45) is 2.63. The molecule has 0 radical (unpaired) electrons. The summed E-state index contributed by atoms with van der Waals surface area (Å²) in [6, 6.07) is 16.7. The summed E-state index contributed by atoms with van der Waals surface area (Å²) in [5, 5.41) is 12.8. The van der Waals surface area contributed by atoms with E-state index in [-0.39, 0.29) is 5.41 Å². The minimum Gasteiger partial charge on any atom is -0.360 e. The molecule has 25 heavy (non-hydrogen) atoms. The normalized spacial score (nSPS) is 12.0. The van der Waals surface area contributed by atoms with Gasteiger partial charge in [0.25, 0.3) is 0 Å². The van der Waals surface area contributed by atoms with Crippen molar-refractivity contribution < 1.29 is 4.52 Å². The molecule has 0 saturated carbocycles. The van der Waals surface area contributed by atoms with E-state index in [1.165, 1.54) is 5.56 Å². The van der Waals surface area contributed by atoms with Crippen LogP contribution in [0.15, 0.2) is 59.3 Å². The lowest BCUT2D eigenvalue weighted by Crippen LogP contribution is -2.10. The fourth-order valence-corrected chi connectivity index (χ4v) is 3.15. The zero-order valence-corrected chi connectivity index (χ0v) is 14.7. The number of benzene rings is 2. The Morgan fingerprint density at radius 1 is 1.04 bits per heavy atom. The number of rotatable bonds is 3. The van der Waals surface area contributed by atoms with Crippen LogP contribution in [0.4, 0.5) is 0 Å². The third-order valence-electron chi connectivity index (χ3n) is 4.42. The summed E-state index contributed by atoms with van der Waals surface area (Å²) in [5.74, 6) is 0.903. The van der Waals surface area contributed by atoms with E-state index in [9.17, 15) is 0 Å². The number of nitrogens with one attached hydrogen (secondary N) is 1.